The van der Waals surface area contributed by atoms with Gasteiger partial charge in [0.25, 0.3) is 5.91 Å². The van der Waals surface area contributed by atoms with Crippen LogP contribution < -0.4 is 5.32 Å². The minimum Gasteiger partial charge on any atom is -0.345 e. The van der Waals surface area contributed by atoms with E-state index in [2.05, 4.69) is 15.4 Å². The number of pyridine rings is 1. The lowest BCUT2D eigenvalue weighted by Gasteiger charge is -2.04. The van der Waals surface area contributed by atoms with E-state index < -0.39 is 0 Å². The highest BCUT2D eigenvalue weighted by molar-refractivity contribution is 6.30. The van der Waals surface area contributed by atoms with Gasteiger partial charge in [-0.3, -0.25) is 9.78 Å². The first-order chi connectivity index (χ1) is 11.1. The summed E-state index contributed by atoms with van der Waals surface area (Å²) in [5.74, 6) is -0.242. The third kappa shape index (κ3) is 3.76. The number of benzene rings is 1. The molecule has 0 spiro atoms. The average molecular weight is 327 g/mol. The van der Waals surface area contributed by atoms with Crippen LogP contribution in [0.15, 0.2) is 54.7 Å². The van der Waals surface area contributed by atoms with Crippen molar-refractivity contribution in [3.63, 3.8) is 0 Å². The van der Waals surface area contributed by atoms with E-state index in [1.54, 1.807) is 29.1 Å². The van der Waals surface area contributed by atoms with Crippen LogP contribution in [0.4, 0.5) is 0 Å². The molecule has 23 heavy (non-hydrogen) atoms. The fraction of sp³-hybridized carbons (Fsp3) is 0.118. The number of carbonyl (C=O) groups is 1. The normalized spacial score (nSPS) is 10.5. The number of halogens is 1. The number of carbonyl (C=O) groups excluding carboxylic acids is 1. The predicted molar refractivity (Wildman–Crippen MR) is 88.7 cm³/mol. The molecule has 3 rings (SSSR count). The van der Waals surface area contributed by atoms with E-state index >= 15 is 0 Å². The number of nitrogens with zero attached hydrogens (tertiary/aromatic N) is 3. The van der Waals surface area contributed by atoms with E-state index in [9.17, 15) is 4.79 Å². The molecule has 116 valence electrons. The Bertz CT molecular complexity index is 844. The van der Waals surface area contributed by atoms with Crippen LogP contribution in [0.2, 0.25) is 5.02 Å². The summed E-state index contributed by atoms with van der Waals surface area (Å²) in [7, 11) is 0. The molecule has 1 aromatic carbocycles. The average Bonchev–Trinajstić information content (AvgIpc) is 3.03. The molecule has 0 aliphatic rings. The van der Waals surface area contributed by atoms with Crippen LogP contribution in [-0.4, -0.2) is 20.7 Å². The SMILES string of the molecule is Cc1cccc(CNC(=O)c2ccn(-c3cccc(Cl)c3)n2)n1. The predicted octanol–water partition coefficient (Wildman–Crippen LogP) is 3.16. The topological polar surface area (TPSA) is 59.8 Å². The summed E-state index contributed by atoms with van der Waals surface area (Å²) >= 11 is 5.97. The van der Waals surface area contributed by atoms with E-state index in [0.717, 1.165) is 17.1 Å². The second kappa shape index (κ2) is 6.62. The molecule has 1 amide bonds. The Labute approximate surface area is 138 Å². The third-order valence-corrected chi connectivity index (χ3v) is 3.51. The maximum Gasteiger partial charge on any atom is 0.272 e. The number of rotatable bonds is 4. The van der Waals surface area contributed by atoms with Crippen molar-refractivity contribution in [2.24, 2.45) is 0 Å². The van der Waals surface area contributed by atoms with E-state index in [4.69, 9.17) is 11.6 Å². The van der Waals surface area contributed by atoms with Crippen LogP contribution in [0.25, 0.3) is 5.69 Å². The molecule has 0 radical (unpaired) electrons. The van der Waals surface area contributed by atoms with Gasteiger partial charge in [-0.15, -0.1) is 0 Å². The van der Waals surface area contributed by atoms with Gasteiger partial charge in [-0.2, -0.15) is 5.10 Å². The Morgan fingerprint density at radius 2 is 2.04 bits per heavy atom. The number of aromatic nitrogens is 3. The summed E-state index contributed by atoms with van der Waals surface area (Å²) in [6, 6.07) is 14.6. The Morgan fingerprint density at radius 1 is 1.22 bits per heavy atom. The smallest absolute Gasteiger partial charge is 0.272 e. The molecule has 3 aromatic rings. The minimum absolute atomic E-state index is 0.242. The molecule has 0 bridgehead atoms. The molecular formula is C17H15ClN4O. The summed E-state index contributed by atoms with van der Waals surface area (Å²) in [6.07, 6.45) is 1.73. The van der Waals surface area contributed by atoms with Crippen molar-refractivity contribution in [2.45, 2.75) is 13.5 Å². The molecule has 0 atom stereocenters. The zero-order valence-electron chi connectivity index (χ0n) is 12.5. The summed E-state index contributed by atoms with van der Waals surface area (Å²) in [6.45, 7) is 2.28. The number of nitrogens with one attached hydrogen (secondary N) is 1. The largest absolute Gasteiger partial charge is 0.345 e. The molecule has 0 saturated carbocycles. The van der Waals surface area contributed by atoms with E-state index in [1.807, 2.05) is 37.3 Å². The van der Waals surface area contributed by atoms with Crippen molar-refractivity contribution in [2.75, 3.05) is 0 Å². The first-order valence-corrected chi connectivity index (χ1v) is 7.52. The first-order valence-electron chi connectivity index (χ1n) is 7.14. The Morgan fingerprint density at radius 3 is 2.83 bits per heavy atom. The second-order valence-electron chi connectivity index (χ2n) is 5.08. The van der Waals surface area contributed by atoms with Gasteiger partial charge in [0, 0.05) is 16.9 Å². The summed E-state index contributed by atoms with van der Waals surface area (Å²) in [5.41, 5.74) is 2.88. The van der Waals surface area contributed by atoms with Crippen LogP contribution in [0, 0.1) is 6.92 Å². The van der Waals surface area contributed by atoms with Crippen LogP contribution in [0.1, 0.15) is 21.9 Å². The molecule has 0 unspecified atom stereocenters. The van der Waals surface area contributed by atoms with Gasteiger partial charge in [-0.25, -0.2) is 4.68 Å². The Hall–Kier alpha value is -2.66. The molecule has 5 nitrogen and oxygen atoms in total. The van der Waals surface area contributed by atoms with Crippen molar-refractivity contribution in [1.82, 2.24) is 20.1 Å². The third-order valence-electron chi connectivity index (χ3n) is 3.27. The molecule has 0 saturated heterocycles. The highest BCUT2D eigenvalue weighted by Crippen LogP contribution is 2.14. The molecule has 6 heteroatoms. The monoisotopic (exact) mass is 326 g/mol. The van der Waals surface area contributed by atoms with Gasteiger partial charge in [0.1, 0.15) is 0 Å². The van der Waals surface area contributed by atoms with Crippen LogP contribution >= 0.6 is 11.6 Å². The maximum absolute atomic E-state index is 12.2. The van der Waals surface area contributed by atoms with Gasteiger partial charge in [-0.05, 0) is 43.3 Å². The highest BCUT2D eigenvalue weighted by atomic mass is 35.5. The summed E-state index contributed by atoms with van der Waals surface area (Å²) in [5, 5.41) is 7.71. The van der Waals surface area contributed by atoms with Gasteiger partial charge in [0.15, 0.2) is 5.69 Å². The van der Waals surface area contributed by atoms with Gasteiger partial charge in [0.05, 0.1) is 17.9 Å². The van der Waals surface area contributed by atoms with Gasteiger partial charge in [0.2, 0.25) is 0 Å². The van der Waals surface area contributed by atoms with Crippen molar-refractivity contribution < 1.29 is 4.79 Å². The molecular weight excluding hydrogens is 312 g/mol. The highest BCUT2D eigenvalue weighted by Gasteiger charge is 2.10. The van der Waals surface area contributed by atoms with E-state index in [1.165, 1.54) is 0 Å². The Balaban J connectivity index is 1.69. The summed E-state index contributed by atoms with van der Waals surface area (Å²) < 4.78 is 1.62. The molecule has 0 aliphatic heterocycles. The van der Waals surface area contributed by atoms with Gasteiger partial charge in [-0.1, -0.05) is 23.7 Å². The van der Waals surface area contributed by atoms with Crippen molar-refractivity contribution in [3.05, 3.63) is 76.8 Å². The number of aryl methyl sites for hydroxylation is 1. The standard InChI is InChI=1S/C17H15ClN4O/c1-12-4-2-6-14(20-12)11-19-17(23)16-8-9-22(21-16)15-7-3-5-13(18)10-15/h2-10H,11H2,1H3,(H,19,23). The van der Waals surface area contributed by atoms with E-state index in [0.29, 0.717) is 17.3 Å². The minimum atomic E-state index is -0.242. The first kappa shape index (κ1) is 15.2. The van der Waals surface area contributed by atoms with Crippen LogP contribution in [-0.2, 0) is 6.54 Å². The van der Waals surface area contributed by atoms with Crippen molar-refractivity contribution >= 4 is 17.5 Å². The second-order valence-corrected chi connectivity index (χ2v) is 5.51. The zero-order chi connectivity index (χ0) is 16.2. The van der Waals surface area contributed by atoms with E-state index in [-0.39, 0.29) is 5.91 Å². The number of amides is 1. The van der Waals surface area contributed by atoms with Crippen LogP contribution in [0.5, 0.6) is 0 Å². The maximum atomic E-state index is 12.2. The molecule has 0 aliphatic carbocycles. The lowest BCUT2D eigenvalue weighted by Crippen LogP contribution is -2.24. The van der Waals surface area contributed by atoms with Crippen LogP contribution in [0.3, 0.4) is 0 Å². The molecule has 2 aromatic heterocycles. The zero-order valence-corrected chi connectivity index (χ0v) is 13.3. The van der Waals surface area contributed by atoms with Gasteiger partial charge < -0.3 is 5.32 Å². The summed E-state index contributed by atoms with van der Waals surface area (Å²) in [4.78, 5) is 16.5. The fourth-order valence-corrected chi connectivity index (χ4v) is 2.35. The quantitative estimate of drug-likeness (QED) is 0.801. The van der Waals surface area contributed by atoms with Gasteiger partial charge >= 0.3 is 0 Å². The van der Waals surface area contributed by atoms with Crippen molar-refractivity contribution in [3.8, 4) is 5.69 Å². The lowest BCUT2D eigenvalue weighted by atomic mass is 10.3. The number of hydrogen-bond acceptors (Lipinski definition) is 3. The Kier molecular flexibility index (Phi) is 4.39. The molecule has 2 heterocycles. The number of hydrogen-bond donors (Lipinski definition) is 1. The molecule has 1 N–H and O–H groups in total. The fourth-order valence-electron chi connectivity index (χ4n) is 2.17. The van der Waals surface area contributed by atoms with Crippen molar-refractivity contribution in [1.29, 1.82) is 0 Å². The molecule has 0 fully saturated rings. The lowest BCUT2D eigenvalue weighted by molar-refractivity contribution is 0.0945.